The summed E-state index contributed by atoms with van der Waals surface area (Å²) in [5.41, 5.74) is 1.22. The predicted octanol–water partition coefficient (Wildman–Crippen LogP) is 4.39. The van der Waals surface area contributed by atoms with Crippen LogP contribution in [0, 0.1) is 12.8 Å². The van der Waals surface area contributed by atoms with Crippen LogP contribution in [0.3, 0.4) is 0 Å². The molecule has 4 rings (SSSR count). The summed E-state index contributed by atoms with van der Waals surface area (Å²) in [4.78, 5) is 44.7. The molecule has 2 aromatic heterocycles. The molecule has 1 aromatic carbocycles. The molecular weight excluding hydrogens is 492 g/mol. The maximum atomic E-state index is 13.0. The summed E-state index contributed by atoms with van der Waals surface area (Å²) < 4.78 is 25.5. The van der Waals surface area contributed by atoms with E-state index in [0.29, 0.717) is 22.6 Å². The fourth-order valence-electron chi connectivity index (χ4n) is 3.93. The number of hydrogen-bond acceptors (Lipinski definition) is 8. The molecule has 12 heteroatoms. The van der Waals surface area contributed by atoms with Gasteiger partial charge in [0.2, 0.25) is 9.84 Å². The van der Waals surface area contributed by atoms with Crippen LogP contribution in [0.5, 0.6) is 0 Å². The van der Waals surface area contributed by atoms with Gasteiger partial charge in [-0.3, -0.25) is 10.1 Å². The fraction of sp³-hybridized carbons (Fsp3) is 0.261. The van der Waals surface area contributed by atoms with Crippen molar-refractivity contribution in [3.05, 3.63) is 59.4 Å². The molecule has 0 saturated heterocycles. The second-order valence-electron chi connectivity index (χ2n) is 8.12. The lowest BCUT2D eigenvalue weighted by Crippen LogP contribution is -2.22. The third kappa shape index (κ3) is 5.23. The van der Waals surface area contributed by atoms with Gasteiger partial charge in [0.1, 0.15) is 4.21 Å². The zero-order valence-corrected chi connectivity index (χ0v) is 20.3. The molecule has 1 aliphatic rings. The van der Waals surface area contributed by atoms with E-state index < -0.39 is 32.4 Å². The molecule has 1 fully saturated rings. The van der Waals surface area contributed by atoms with E-state index >= 15 is 0 Å². The zero-order chi connectivity index (χ0) is 25.2. The first kappa shape index (κ1) is 24.5. The SMILES string of the molecule is Cc1ccc(NC(=O)Nc2ncc(S(=O)(=O)c3ncccc3C(=O)O)s2)c(C(=O)C2CCCC2)c1. The van der Waals surface area contributed by atoms with E-state index in [1.54, 1.807) is 18.2 Å². The van der Waals surface area contributed by atoms with Gasteiger partial charge in [-0.15, -0.1) is 0 Å². The molecule has 0 bridgehead atoms. The summed E-state index contributed by atoms with van der Waals surface area (Å²) in [6.07, 6.45) is 5.87. The Morgan fingerprint density at radius 1 is 1.06 bits per heavy atom. The first-order valence-corrected chi connectivity index (χ1v) is 13.1. The highest BCUT2D eigenvalue weighted by Gasteiger charge is 2.29. The van der Waals surface area contributed by atoms with Gasteiger partial charge in [-0.2, -0.15) is 0 Å². The van der Waals surface area contributed by atoms with Crippen LogP contribution in [0.2, 0.25) is 0 Å². The molecule has 182 valence electrons. The van der Waals surface area contributed by atoms with E-state index in [9.17, 15) is 27.9 Å². The summed E-state index contributed by atoms with van der Waals surface area (Å²) in [6, 6.07) is 6.95. The monoisotopic (exact) mass is 514 g/mol. The number of thiazole rings is 1. The van der Waals surface area contributed by atoms with Crippen molar-refractivity contribution < 1.29 is 27.9 Å². The number of carboxylic acid groups (broad SMARTS) is 1. The van der Waals surface area contributed by atoms with E-state index in [4.69, 9.17) is 0 Å². The maximum Gasteiger partial charge on any atom is 0.338 e. The number of rotatable bonds is 7. The van der Waals surface area contributed by atoms with Gasteiger partial charge >= 0.3 is 12.0 Å². The fourth-order valence-corrected chi connectivity index (χ4v) is 6.42. The average Bonchev–Trinajstić information content (AvgIpc) is 3.52. The van der Waals surface area contributed by atoms with Crippen molar-refractivity contribution in [2.75, 3.05) is 10.6 Å². The number of carboxylic acids is 1. The van der Waals surface area contributed by atoms with Gasteiger partial charge in [-0.1, -0.05) is 35.8 Å². The summed E-state index contributed by atoms with van der Waals surface area (Å²) >= 11 is 0.656. The predicted molar refractivity (Wildman–Crippen MR) is 129 cm³/mol. The van der Waals surface area contributed by atoms with Gasteiger partial charge in [0.05, 0.1) is 17.4 Å². The smallest absolute Gasteiger partial charge is 0.338 e. The molecule has 1 aliphatic carbocycles. The summed E-state index contributed by atoms with van der Waals surface area (Å²) in [7, 11) is -4.27. The minimum absolute atomic E-state index is 0.00581. The molecule has 0 unspecified atom stereocenters. The Morgan fingerprint density at radius 3 is 2.51 bits per heavy atom. The molecule has 0 aliphatic heterocycles. The van der Waals surface area contributed by atoms with E-state index in [-0.39, 0.29) is 21.0 Å². The minimum atomic E-state index is -4.27. The summed E-state index contributed by atoms with van der Waals surface area (Å²) in [5.74, 6) is -1.50. The number of nitrogens with zero attached hydrogens (tertiary/aromatic N) is 2. The van der Waals surface area contributed by atoms with Crippen molar-refractivity contribution >= 4 is 49.8 Å². The molecule has 3 N–H and O–H groups in total. The van der Waals surface area contributed by atoms with Crippen LogP contribution in [0.4, 0.5) is 15.6 Å². The Hall–Kier alpha value is -3.64. The first-order chi connectivity index (χ1) is 16.7. The molecule has 1 saturated carbocycles. The molecule has 0 radical (unpaired) electrons. The van der Waals surface area contributed by atoms with Gasteiger partial charge in [0.25, 0.3) is 0 Å². The summed E-state index contributed by atoms with van der Waals surface area (Å²) in [5, 5.41) is 13.8. The normalized spacial score (nSPS) is 14.0. The Bertz CT molecular complexity index is 1410. The number of urea groups is 1. The van der Waals surface area contributed by atoms with Gasteiger partial charge in [-0.25, -0.2) is 28.0 Å². The average molecular weight is 515 g/mol. The van der Waals surface area contributed by atoms with Crippen molar-refractivity contribution in [1.82, 2.24) is 9.97 Å². The van der Waals surface area contributed by atoms with Crippen LogP contribution in [-0.4, -0.2) is 41.3 Å². The quantitative estimate of drug-likeness (QED) is 0.392. The molecule has 0 atom stereocenters. The number of amides is 2. The van der Waals surface area contributed by atoms with Gasteiger partial charge in [0, 0.05) is 17.7 Å². The molecule has 10 nitrogen and oxygen atoms in total. The second-order valence-corrected chi connectivity index (χ2v) is 11.2. The standard InChI is InChI=1S/C23H22N4O6S2/c1-13-8-9-17(16(11-13)19(28)14-5-2-3-6-14)26-22(31)27-23-25-12-18(34-23)35(32,33)20-15(21(29)30)7-4-10-24-20/h4,7-12,14H,2-3,5-6H2,1H3,(H,29,30)(H2,25,26,27,31). The number of nitrogens with one attached hydrogen (secondary N) is 2. The Kier molecular flexibility index (Phi) is 6.94. The van der Waals surface area contributed by atoms with Crippen molar-refractivity contribution in [3.63, 3.8) is 0 Å². The largest absolute Gasteiger partial charge is 0.478 e. The second kappa shape index (κ2) is 9.92. The van der Waals surface area contributed by atoms with Crippen LogP contribution in [0.25, 0.3) is 0 Å². The van der Waals surface area contributed by atoms with E-state index in [1.807, 2.05) is 6.92 Å². The van der Waals surface area contributed by atoms with Crippen LogP contribution >= 0.6 is 11.3 Å². The highest BCUT2D eigenvalue weighted by atomic mass is 32.2. The van der Waals surface area contributed by atoms with Crippen molar-refractivity contribution in [1.29, 1.82) is 0 Å². The highest BCUT2D eigenvalue weighted by molar-refractivity contribution is 7.93. The van der Waals surface area contributed by atoms with Crippen molar-refractivity contribution in [2.24, 2.45) is 5.92 Å². The number of carbonyl (C=O) groups is 3. The van der Waals surface area contributed by atoms with E-state index in [1.165, 1.54) is 12.3 Å². The molecular formula is C23H22N4O6S2. The highest BCUT2D eigenvalue weighted by Crippen LogP contribution is 2.32. The third-order valence-electron chi connectivity index (χ3n) is 5.64. The Labute approximate surface area is 205 Å². The van der Waals surface area contributed by atoms with Gasteiger partial charge in [-0.05, 0) is 44.0 Å². The first-order valence-electron chi connectivity index (χ1n) is 10.8. The number of aromatic nitrogens is 2. The summed E-state index contributed by atoms with van der Waals surface area (Å²) in [6.45, 7) is 1.87. The van der Waals surface area contributed by atoms with Crippen molar-refractivity contribution in [2.45, 2.75) is 41.8 Å². The number of aryl methyl sites for hydroxylation is 1. The van der Waals surface area contributed by atoms with Crippen molar-refractivity contribution in [3.8, 4) is 0 Å². The van der Waals surface area contributed by atoms with Gasteiger partial charge in [0.15, 0.2) is 15.9 Å². The van der Waals surface area contributed by atoms with E-state index in [0.717, 1.165) is 43.5 Å². The molecule has 35 heavy (non-hydrogen) atoms. The minimum Gasteiger partial charge on any atom is -0.478 e. The molecule has 2 heterocycles. The van der Waals surface area contributed by atoms with Crippen LogP contribution in [0.15, 0.2) is 52.0 Å². The Morgan fingerprint density at radius 2 is 1.80 bits per heavy atom. The van der Waals surface area contributed by atoms with Gasteiger partial charge < -0.3 is 10.4 Å². The number of sulfone groups is 1. The van der Waals surface area contributed by atoms with E-state index in [2.05, 4.69) is 20.6 Å². The molecule has 3 aromatic rings. The number of anilines is 2. The lowest BCUT2D eigenvalue weighted by Gasteiger charge is -2.14. The number of benzene rings is 1. The van der Waals surface area contributed by atoms with Crippen LogP contribution in [0.1, 0.15) is 52.0 Å². The number of Topliss-reactive ketones (excluding diaryl/α,β-unsaturated/α-hetero) is 1. The molecule has 0 spiro atoms. The lowest BCUT2D eigenvalue weighted by atomic mass is 9.94. The maximum absolute atomic E-state index is 13.0. The number of aromatic carboxylic acids is 1. The lowest BCUT2D eigenvalue weighted by molar-refractivity contribution is 0.0691. The number of hydrogen-bond donors (Lipinski definition) is 3. The van der Waals surface area contributed by atoms with Crippen LogP contribution < -0.4 is 10.6 Å². The number of ketones is 1. The third-order valence-corrected chi connectivity index (χ3v) is 8.73. The zero-order valence-electron chi connectivity index (χ0n) is 18.6. The topological polar surface area (TPSA) is 155 Å². The number of carbonyl (C=O) groups excluding carboxylic acids is 2. The Balaban J connectivity index is 1.52. The molecule has 2 amide bonds. The number of pyridine rings is 1. The van der Waals surface area contributed by atoms with Crippen LogP contribution in [-0.2, 0) is 9.84 Å².